The van der Waals surface area contributed by atoms with Crippen molar-refractivity contribution >= 4 is 33.6 Å². The molecule has 6 heteroatoms. The molecule has 0 bridgehead atoms. The highest BCUT2D eigenvalue weighted by Crippen LogP contribution is 2.45. The van der Waals surface area contributed by atoms with Gasteiger partial charge in [-0.05, 0) is 84.5 Å². The molecule has 0 saturated heterocycles. The lowest BCUT2D eigenvalue weighted by molar-refractivity contribution is 0.0680. The van der Waals surface area contributed by atoms with E-state index in [2.05, 4.69) is 15.9 Å². The van der Waals surface area contributed by atoms with Gasteiger partial charge >= 0.3 is 0 Å². The van der Waals surface area contributed by atoms with Crippen LogP contribution in [0.5, 0.6) is 0 Å². The Bertz CT molecular complexity index is 1250. The summed E-state index contributed by atoms with van der Waals surface area (Å²) in [6.45, 7) is 0. The predicted molar refractivity (Wildman–Crippen MR) is 129 cm³/mol. The fourth-order valence-electron chi connectivity index (χ4n) is 4.68. The first-order valence-electron chi connectivity index (χ1n) is 10.9. The molecule has 1 fully saturated rings. The van der Waals surface area contributed by atoms with Crippen LogP contribution in [-0.4, -0.2) is 16.6 Å². The summed E-state index contributed by atoms with van der Waals surface area (Å²) >= 11 is 3.44. The van der Waals surface area contributed by atoms with Crippen LogP contribution in [-0.2, 0) is 0 Å². The lowest BCUT2D eigenvalue weighted by Gasteiger charge is -2.29. The number of hydrazone groups is 1. The van der Waals surface area contributed by atoms with Crippen molar-refractivity contribution in [1.82, 2.24) is 5.01 Å². The van der Waals surface area contributed by atoms with Crippen molar-refractivity contribution in [3.8, 4) is 0 Å². The number of amides is 1. The van der Waals surface area contributed by atoms with Gasteiger partial charge in [0.2, 0.25) is 0 Å². The molecule has 0 aromatic heterocycles. The maximum absolute atomic E-state index is 13.7. The van der Waals surface area contributed by atoms with Gasteiger partial charge in [0, 0.05) is 16.0 Å². The lowest BCUT2D eigenvalue weighted by Crippen LogP contribution is -2.31. The molecule has 3 aromatic rings. The molecule has 2 aliphatic rings. The van der Waals surface area contributed by atoms with Crippen molar-refractivity contribution in [3.05, 3.63) is 111 Å². The Morgan fingerprint density at radius 1 is 1.00 bits per heavy atom. The van der Waals surface area contributed by atoms with Gasteiger partial charge in [-0.3, -0.25) is 4.79 Å². The van der Waals surface area contributed by atoms with E-state index in [1.807, 2.05) is 18.2 Å². The topological polar surface area (TPSA) is 32.7 Å². The van der Waals surface area contributed by atoms with E-state index >= 15 is 0 Å². The van der Waals surface area contributed by atoms with E-state index in [1.165, 1.54) is 24.3 Å². The average molecular weight is 507 g/mol. The maximum atomic E-state index is 13.7. The van der Waals surface area contributed by atoms with Gasteiger partial charge in [0.25, 0.3) is 5.91 Å². The molecule has 3 aromatic carbocycles. The Balaban J connectivity index is 1.58. The smallest absolute Gasteiger partial charge is 0.267 e. The van der Waals surface area contributed by atoms with Crippen LogP contribution in [0.3, 0.4) is 0 Å². The number of carbonyl (C=O) groups excluding carboxylic acids is 1. The van der Waals surface area contributed by atoms with Gasteiger partial charge in [-0.25, -0.2) is 13.8 Å². The summed E-state index contributed by atoms with van der Waals surface area (Å²) in [5, 5.41) is 6.39. The summed E-state index contributed by atoms with van der Waals surface area (Å²) in [4.78, 5) is 13.6. The Kier molecular flexibility index (Phi) is 5.94. The van der Waals surface area contributed by atoms with E-state index in [-0.39, 0.29) is 29.5 Å². The molecule has 166 valence electrons. The molecule has 1 saturated carbocycles. The predicted octanol–water partition coefficient (Wildman–Crippen LogP) is 7.16. The molecule has 0 spiro atoms. The SMILES string of the molecule is O=C(c1cccc(Br)c1)N1N=C2/C(=C\c3ccc(F)cc3)CCCC2C1c1ccc(F)cc1. The summed E-state index contributed by atoms with van der Waals surface area (Å²) in [7, 11) is 0. The van der Waals surface area contributed by atoms with E-state index < -0.39 is 0 Å². The maximum Gasteiger partial charge on any atom is 0.274 e. The van der Waals surface area contributed by atoms with Gasteiger partial charge in [0.1, 0.15) is 11.6 Å². The first-order valence-corrected chi connectivity index (χ1v) is 11.7. The third-order valence-corrected chi connectivity index (χ3v) is 6.70. The quantitative estimate of drug-likeness (QED) is 0.370. The second-order valence-corrected chi connectivity index (χ2v) is 9.28. The van der Waals surface area contributed by atoms with E-state index in [1.54, 1.807) is 41.4 Å². The summed E-state index contributed by atoms with van der Waals surface area (Å²) in [6, 6.07) is 19.6. The number of fused-ring (bicyclic) bond motifs is 1. The van der Waals surface area contributed by atoms with Crippen LogP contribution in [0.25, 0.3) is 6.08 Å². The molecular formula is C27H21BrF2N2O. The monoisotopic (exact) mass is 506 g/mol. The molecule has 1 amide bonds. The minimum absolute atomic E-state index is 0.00649. The van der Waals surface area contributed by atoms with Crippen molar-refractivity contribution in [1.29, 1.82) is 0 Å². The van der Waals surface area contributed by atoms with Crippen molar-refractivity contribution < 1.29 is 13.6 Å². The highest BCUT2D eigenvalue weighted by molar-refractivity contribution is 9.10. The van der Waals surface area contributed by atoms with Crippen molar-refractivity contribution in [2.75, 3.05) is 0 Å². The Morgan fingerprint density at radius 2 is 1.70 bits per heavy atom. The number of hydrogen-bond donors (Lipinski definition) is 0. The summed E-state index contributed by atoms with van der Waals surface area (Å²) < 4.78 is 27.8. The summed E-state index contributed by atoms with van der Waals surface area (Å²) in [5.74, 6) is -0.789. The molecule has 3 nitrogen and oxygen atoms in total. The van der Waals surface area contributed by atoms with E-state index in [9.17, 15) is 13.6 Å². The van der Waals surface area contributed by atoms with Crippen molar-refractivity contribution in [3.63, 3.8) is 0 Å². The van der Waals surface area contributed by atoms with E-state index in [0.29, 0.717) is 5.56 Å². The number of allylic oxidation sites excluding steroid dienone is 1. The van der Waals surface area contributed by atoms with Crippen LogP contribution in [0, 0.1) is 17.6 Å². The number of carbonyl (C=O) groups is 1. The molecule has 1 aliphatic heterocycles. The van der Waals surface area contributed by atoms with Crippen molar-refractivity contribution in [2.45, 2.75) is 25.3 Å². The molecule has 0 N–H and O–H groups in total. The Labute approximate surface area is 199 Å². The first kappa shape index (κ1) is 21.7. The van der Waals surface area contributed by atoms with Gasteiger partial charge in [-0.15, -0.1) is 0 Å². The zero-order valence-electron chi connectivity index (χ0n) is 17.7. The zero-order valence-corrected chi connectivity index (χ0v) is 19.3. The molecule has 33 heavy (non-hydrogen) atoms. The Hall–Kier alpha value is -3.12. The normalized spacial score (nSPS) is 21.1. The summed E-state index contributed by atoms with van der Waals surface area (Å²) in [6.07, 6.45) is 4.69. The van der Waals surface area contributed by atoms with Crippen LogP contribution in [0.4, 0.5) is 8.78 Å². The largest absolute Gasteiger partial charge is 0.274 e. The molecule has 1 aliphatic carbocycles. The average Bonchev–Trinajstić information content (AvgIpc) is 3.21. The van der Waals surface area contributed by atoms with Gasteiger partial charge in [-0.2, -0.15) is 5.10 Å². The third-order valence-electron chi connectivity index (χ3n) is 6.20. The molecular weight excluding hydrogens is 486 g/mol. The van der Waals surface area contributed by atoms with Gasteiger partial charge in [-0.1, -0.05) is 46.3 Å². The number of halogens is 3. The minimum atomic E-state index is -0.316. The molecule has 0 radical (unpaired) electrons. The van der Waals surface area contributed by atoms with Gasteiger partial charge < -0.3 is 0 Å². The van der Waals surface area contributed by atoms with Gasteiger partial charge in [0.05, 0.1) is 11.8 Å². The van der Waals surface area contributed by atoms with Crippen molar-refractivity contribution in [2.24, 2.45) is 11.0 Å². The number of hydrogen-bond acceptors (Lipinski definition) is 2. The van der Waals surface area contributed by atoms with Crippen LogP contribution in [0.1, 0.15) is 46.8 Å². The molecule has 2 unspecified atom stereocenters. The molecule has 1 heterocycles. The standard InChI is InChI=1S/C27H21BrF2N2O/c28-21-5-1-4-20(16-21)27(33)32-26(18-9-13-23(30)14-10-18)24-6-2-3-19(25(24)31-32)15-17-7-11-22(29)12-8-17/h1,4-5,7-16,24,26H,2-3,6H2/b19-15-. The number of rotatable bonds is 3. The second kappa shape index (κ2) is 9.02. The Morgan fingerprint density at radius 3 is 2.39 bits per heavy atom. The third kappa shape index (κ3) is 4.40. The van der Waals surface area contributed by atoms with Gasteiger partial charge in [0.15, 0.2) is 0 Å². The van der Waals surface area contributed by atoms with Crippen LogP contribution in [0.15, 0.2) is 87.9 Å². The number of benzene rings is 3. The van der Waals surface area contributed by atoms with Crippen LogP contribution >= 0.6 is 15.9 Å². The van der Waals surface area contributed by atoms with E-state index in [4.69, 9.17) is 5.10 Å². The minimum Gasteiger partial charge on any atom is -0.267 e. The zero-order chi connectivity index (χ0) is 22.9. The lowest BCUT2D eigenvalue weighted by atomic mass is 9.77. The van der Waals surface area contributed by atoms with E-state index in [0.717, 1.165) is 46.1 Å². The molecule has 2 atom stereocenters. The fraction of sp³-hybridized carbons (Fsp3) is 0.185. The number of nitrogens with zero attached hydrogens (tertiary/aromatic N) is 2. The summed E-state index contributed by atoms with van der Waals surface area (Å²) in [5.41, 5.74) is 4.21. The highest BCUT2D eigenvalue weighted by Gasteiger charge is 2.43. The second-order valence-electron chi connectivity index (χ2n) is 8.36. The van der Waals surface area contributed by atoms with Crippen LogP contribution < -0.4 is 0 Å². The fourth-order valence-corrected chi connectivity index (χ4v) is 5.07. The highest BCUT2D eigenvalue weighted by atomic mass is 79.9. The molecule has 5 rings (SSSR count). The first-order chi connectivity index (χ1) is 16.0. The van der Waals surface area contributed by atoms with Crippen LogP contribution in [0.2, 0.25) is 0 Å².